The molecule has 0 bridgehead atoms. The number of carbonyl (C=O) groups excluding carboxylic acids is 3. The van der Waals surface area contributed by atoms with Crippen LogP contribution in [0.4, 0.5) is 4.79 Å². The fraction of sp³-hybridized carbons (Fsp3) is 0.812. The lowest BCUT2D eigenvalue weighted by molar-refractivity contribution is -0.168. The molecule has 0 aromatic carbocycles. The van der Waals surface area contributed by atoms with Gasteiger partial charge in [-0.2, -0.15) is 0 Å². The molecule has 23 heavy (non-hydrogen) atoms. The lowest BCUT2D eigenvalue weighted by Crippen LogP contribution is -2.56. The predicted molar refractivity (Wildman–Crippen MR) is 84.8 cm³/mol. The zero-order valence-corrected chi connectivity index (χ0v) is 15.5. The van der Waals surface area contributed by atoms with Crippen LogP contribution in [0.5, 0.6) is 0 Å². The molecule has 0 aromatic rings. The van der Waals surface area contributed by atoms with Crippen LogP contribution < -0.4 is 5.32 Å². The van der Waals surface area contributed by atoms with E-state index in [4.69, 9.17) is 14.2 Å². The highest BCUT2D eigenvalue weighted by molar-refractivity contribution is 5.90. The molecule has 0 unspecified atom stereocenters. The summed E-state index contributed by atoms with van der Waals surface area (Å²) < 4.78 is 15.2. The fourth-order valence-corrected chi connectivity index (χ4v) is 1.70. The number of ether oxygens (including phenoxy) is 3. The summed E-state index contributed by atoms with van der Waals surface area (Å²) in [5.41, 5.74) is -2.83. The number of amides is 1. The van der Waals surface area contributed by atoms with E-state index in [0.29, 0.717) is 0 Å². The Balaban J connectivity index is 5.43. The van der Waals surface area contributed by atoms with Crippen molar-refractivity contribution < 1.29 is 28.6 Å². The number of carbonyl (C=O) groups is 3. The zero-order valence-electron chi connectivity index (χ0n) is 15.5. The predicted octanol–water partition coefficient (Wildman–Crippen LogP) is 2.42. The third-order valence-electron chi connectivity index (χ3n) is 2.74. The van der Waals surface area contributed by atoms with Crippen molar-refractivity contribution >= 4 is 18.0 Å². The highest BCUT2D eigenvalue weighted by Crippen LogP contribution is 2.25. The van der Waals surface area contributed by atoms with Crippen molar-refractivity contribution in [3.05, 3.63) is 0 Å². The summed E-state index contributed by atoms with van der Waals surface area (Å²) >= 11 is 0. The molecule has 0 fully saturated rings. The zero-order chi connectivity index (χ0) is 18.6. The Kier molecular flexibility index (Phi) is 6.63. The molecule has 0 radical (unpaired) electrons. The Labute approximate surface area is 138 Å². The van der Waals surface area contributed by atoms with Crippen molar-refractivity contribution in [3.63, 3.8) is 0 Å². The number of esters is 2. The highest BCUT2D eigenvalue weighted by Gasteiger charge is 2.46. The number of nitrogens with one attached hydrogen (secondary N) is 1. The number of methoxy groups -OCH3 is 1. The van der Waals surface area contributed by atoms with Crippen molar-refractivity contribution in [1.82, 2.24) is 5.32 Å². The second-order valence-electron chi connectivity index (χ2n) is 7.83. The molecule has 0 saturated heterocycles. The number of hydrogen-bond acceptors (Lipinski definition) is 6. The fourth-order valence-electron chi connectivity index (χ4n) is 1.70. The summed E-state index contributed by atoms with van der Waals surface area (Å²) in [6.45, 7) is 13.2. The summed E-state index contributed by atoms with van der Waals surface area (Å²) in [5, 5.41) is 2.41. The van der Waals surface area contributed by atoms with Gasteiger partial charge >= 0.3 is 18.0 Å². The van der Waals surface area contributed by atoms with Crippen molar-refractivity contribution in [3.8, 4) is 0 Å². The summed E-state index contributed by atoms with van der Waals surface area (Å²) in [6.07, 6.45) is -0.815. The van der Waals surface area contributed by atoms with Gasteiger partial charge in [0, 0.05) is 0 Å². The van der Waals surface area contributed by atoms with E-state index in [9.17, 15) is 14.4 Å². The standard InChI is InChI=1S/C16H29NO6/c1-14(2,3)22-11(18)10(16(7,8)12(19)21-9)17-13(20)23-15(4,5)6/h10H,1-9H3,(H,17,20)/t10-/m1/s1. The molecule has 0 heterocycles. The average molecular weight is 331 g/mol. The summed E-state index contributed by atoms with van der Waals surface area (Å²) in [4.78, 5) is 36.4. The molecule has 0 aliphatic rings. The van der Waals surface area contributed by atoms with Crippen LogP contribution in [0.15, 0.2) is 0 Å². The SMILES string of the molecule is COC(=O)C(C)(C)[C@H](NC(=O)OC(C)(C)C)C(=O)OC(C)(C)C. The molecule has 0 saturated carbocycles. The molecule has 1 atom stereocenters. The van der Waals surface area contributed by atoms with E-state index in [1.807, 2.05) is 0 Å². The first kappa shape index (κ1) is 21.2. The van der Waals surface area contributed by atoms with Gasteiger partial charge in [-0.15, -0.1) is 0 Å². The molecule has 0 rings (SSSR count). The van der Waals surface area contributed by atoms with Crippen LogP contribution in [-0.2, 0) is 23.8 Å². The largest absolute Gasteiger partial charge is 0.469 e. The van der Waals surface area contributed by atoms with Crippen LogP contribution in [0.2, 0.25) is 0 Å². The van der Waals surface area contributed by atoms with E-state index < -0.39 is 40.7 Å². The molecule has 1 amide bonds. The minimum Gasteiger partial charge on any atom is -0.469 e. The summed E-state index contributed by atoms with van der Waals surface area (Å²) in [5.74, 6) is -1.39. The Morgan fingerprint density at radius 3 is 1.61 bits per heavy atom. The molecular formula is C16H29NO6. The monoisotopic (exact) mass is 331 g/mol. The van der Waals surface area contributed by atoms with E-state index >= 15 is 0 Å². The third kappa shape index (κ3) is 7.34. The molecule has 0 spiro atoms. The van der Waals surface area contributed by atoms with Gasteiger partial charge in [0.05, 0.1) is 12.5 Å². The Morgan fingerprint density at radius 1 is 0.826 bits per heavy atom. The summed E-state index contributed by atoms with van der Waals surface area (Å²) in [7, 11) is 1.21. The smallest absolute Gasteiger partial charge is 0.408 e. The topological polar surface area (TPSA) is 90.9 Å². The first-order valence-electron chi connectivity index (χ1n) is 7.41. The molecule has 0 aliphatic heterocycles. The first-order valence-corrected chi connectivity index (χ1v) is 7.41. The van der Waals surface area contributed by atoms with Gasteiger partial charge in [0.15, 0.2) is 0 Å². The lowest BCUT2D eigenvalue weighted by atomic mass is 9.84. The Hall–Kier alpha value is -1.79. The maximum absolute atomic E-state index is 12.4. The lowest BCUT2D eigenvalue weighted by Gasteiger charge is -2.33. The second-order valence-corrected chi connectivity index (χ2v) is 7.83. The quantitative estimate of drug-likeness (QED) is 0.628. The van der Waals surface area contributed by atoms with Gasteiger partial charge in [-0.25, -0.2) is 9.59 Å². The highest BCUT2D eigenvalue weighted by atomic mass is 16.6. The van der Waals surface area contributed by atoms with Gasteiger partial charge in [0.1, 0.15) is 17.2 Å². The second kappa shape index (κ2) is 7.19. The molecule has 1 N–H and O–H groups in total. The van der Waals surface area contributed by atoms with Crippen LogP contribution in [0.25, 0.3) is 0 Å². The third-order valence-corrected chi connectivity index (χ3v) is 2.74. The Bertz CT molecular complexity index is 456. The summed E-state index contributed by atoms with van der Waals surface area (Å²) in [6, 6.07) is -1.25. The van der Waals surface area contributed by atoms with E-state index in [-0.39, 0.29) is 0 Å². The average Bonchev–Trinajstić information content (AvgIpc) is 2.30. The molecule has 0 aromatic heterocycles. The van der Waals surface area contributed by atoms with Gasteiger partial charge in [0.25, 0.3) is 0 Å². The van der Waals surface area contributed by atoms with Crippen LogP contribution in [-0.4, -0.2) is 42.4 Å². The number of rotatable bonds is 4. The van der Waals surface area contributed by atoms with Crippen molar-refractivity contribution in [1.29, 1.82) is 0 Å². The van der Waals surface area contributed by atoms with Crippen LogP contribution >= 0.6 is 0 Å². The van der Waals surface area contributed by atoms with Gasteiger partial charge in [-0.3, -0.25) is 4.79 Å². The van der Waals surface area contributed by atoms with E-state index in [0.717, 1.165) is 0 Å². The maximum Gasteiger partial charge on any atom is 0.408 e. The number of alkyl carbamates (subject to hydrolysis) is 1. The van der Waals surface area contributed by atoms with Gasteiger partial charge in [-0.1, -0.05) is 0 Å². The van der Waals surface area contributed by atoms with Gasteiger partial charge in [-0.05, 0) is 55.4 Å². The molecular weight excluding hydrogens is 302 g/mol. The molecule has 7 nitrogen and oxygen atoms in total. The van der Waals surface area contributed by atoms with Gasteiger partial charge < -0.3 is 19.5 Å². The molecule has 0 aliphatic carbocycles. The van der Waals surface area contributed by atoms with E-state index in [1.54, 1.807) is 41.5 Å². The van der Waals surface area contributed by atoms with Crippen LogP contribution in [0.1, 0.15) is 55.4 Å². The van der Waals surface area contributed by atoms with E-state index in [1.165, 1.54) is 21.0 Å². The van der Waals surface area contributed by atoms with Crippen molar-refractivity contribution in [2.45, 2.75) is 72.6 Å². The first-order chi connectivity index (χ1) is 10.1. The van der Waals surface area contributed by atoms with Gasteiger partial charge in [0.2, 0.25) is 0 Å². The minimum atomic E-state index is -1.33. The maximum atomic E-state index is 12.4. The normalized spacial score (nSPS) is 13.8. The van der Waals surface area contributed by atoms with Crippen LogP contribution in [0.3, 0.4) is 0 Å². The van der Waals surface area contributed by atoms with Crippen LogP contribution in [0, 0.1) is 5.41 Å². The molecule has 7 heteroatoms. The van der Waals surface area contributed by atoms with E-state index in [2.05, 4.69) is 5.32 Å². The minimum absolute atomic E-state index is 0.649. The van der Waals surface area contributed by atoms with Crippen molar-refractivity contribution in [2.24, 2.45) is 5.41 Å². The number of hydrogen-bond donors (Lipinski definition) is 1. The van der Waals surface area contributed by atoms with Crippen molar-refractivity contribution in [2.75, 3.05) is 7.11 Å². The Morgan fingerprint density at radius 2 is 1.26 bits per heavy atom. The molecule has 134 valence electrons.